The van der Waals surface area contributed by atoms with Crippen LogP contribution in [0.25, 0.3) is 17.2 Å². The Labute approximate surface area is 189 Å². The van der Waals surface area contributed by atoms with Gasteiger partial charge in [0.2, 0.25) is 0 Å². The highest BCUT2D eigenvalue weighted by atomic mass is 19.4. The van der Waals surface area contributed by atoms with Crippen LogP contribution in [0, 0.1) is 6.92 Å². The fourth-order valence-corrected chi connectivity index (χ4v) is 3.69. The summed E-state index contributed by atoms with van der Waals surface area (Å²) in [4.78, 5) is 25.5. The summed E-state index contributed by atoms with van der Waals surface area (Å²) in [5, 5.41) is 9.14. The van der Waals surface area contributed by atoms with E-state index in [1.807, 2.05) is 0 Å². The number of carbonyl (C=O) groups is 2. The molecule has 33 heavy (non-hydrogen) atoms. The number of amides is 1. The number of hydrogen-bond acceptors (Lipinski definition) is 4. The lowest BCUT2D eigenvalue weighted by molar-refractivity contribution is -0.274. The van der Waals surface area contributed by atoms with E-state index >= 15 is 0 Å². The van der Waals surface area contributed by atoms with E-state index in [-0.39, 0.29) is 17.0 Å². The fourth-order valence-electron chi connectivity index (χ4n) is 3.69. The molecule has 0 unspecified atom stereocenters. The van der Waals surface area contributed by atoms with E-state index in [0.29, 0.717) is 34.7 Å². The molecule has 2 aromatic rings. The Morgan fingerprint density at radius 3 is 2.45 bits per heavy atom. The summed E-state index contributed by atoms with van der Waals surface area (Å²) in [6.45, 7) is 8.53. The summed E-state index contributed by atoms with van der Waals surface area (Å²) in [6, 6.07) is 7.18. The van der Waals surface area contributed by atoms with Gasteiger partial charge in [0.25, 0.3) is 5.91 Å². The zero-order valence-corrected chi connectivity index (χ0v) is 18.8. The Bertz CT molecular complexity index is 1150. The van der Waals surface area contributed by atoms with E-state index in [0.717, 1.165) is 6.07 Å². The number of anilines is 1. The van der Waals surface area contributed by atoms with Crippen LogP contribution < -0.4 is 14.4 Å². The molecule has 9 heteroatoms. The van der Waals surface area contributed by atoms with Crippen molar-refractivity contribution in [1.82, 2.24) is 0 Å². The van der Waals surface area contributed by atoms with Crippen LogP contribution in [-0.2, 0) is 9.59 Å². The van der Waals surface area contributed by atoms with Crippen LogP contribution >= 0.6 is 0 Å². The van der Waals surface area contributed by atoms with Gasteiger partial charge in [-0.1, -0.05) is 6.07 Å². The summed E-state index contributed by atoms with van der Waals surface area (Å²) in [5.74, 6) is -1.41. The molecule has 0 bridgehead atoms. The highest BCUT2D eigenvalue weighted by molar-refractivity contribution is 6.03. The van der Waals surface area contributed by atoms with Gasteiger partial charge < -0.3 is 19.5 Å². The molecule has 0 saturated carbocycles. The monoisotopic (exact) mass is 463 g/mol. The molecule has 0 radical (unpaired) electrons. The van der Waals surface area contributed by atoms with Crippen LogP contribution in [0.5, 0.6) is 11.5 Å². The largest absolute Gasteiger partial charge is 0.573 e. The van der Waals surface area contributed by atoms with Gasteiger partial charge in [0.15, 0.2) is 5.60 Å². The Balaban J connectivity index is 2.24. The zero-order chi connectivity index (χ0) is 24.7. The maximum absolute atomic E-state index is 13.1. The predicted molar refractivity (Wildman–Crippen MR) is 117 cm³/mol. The Hall–Kier alpha value is -3.49. The number of alkyl halides is 3. The van der Waals surface area contributed by atoms with Crippen molar-refractivity contribution in [2.45, 2.75) is 46.6 Å². The number of benzene rings is 2. The average Bonchev–Trinajstić information content (AvgIpc) is 2.69. The number of rotatable bonds is 5. The second-order valence-electron chi connectivity index (χ2n) is 8.23. The molecule has 1 aliphatic heterocycles. The van der Waals surface area contributed by atoms with Gasteiger partial charge in [0, 0.05) is 17.7 Å². The first-order valence-electron chi connectivity index (χ1n) is 10.2. The number of ether oxygens (including phenoxy) is 2. The van der Waals surface area contributed by atoms with E-state index in [1.54, 1.807) is 39.8 Å². The molecule has 1 heterocycles. The zero-order valence-electron chi connectivity index (χ0n) is 18.8. The maximum Gasteiger partial charge on any atom is 0.573 e. The third kappa shape index (κ3) is 4.97. The normalized spacial score (nSPS) is 15.7. The lowest BCUT2D eigenvalue weighted by Gasteiger charge is -2.39. The number of carboxylic acids is 1. The van der Waals surface area contributed by atoms with E-state index in [9.17, 15) is 22.8 Å². The number of nitrogens with zero attached hydrogens (tertiary/aromatic N) is 1. The Morgan fingerprint density at radius 2 is 1.88 bits per heavy atom. The summed E-state index contributed by atoms with van der Waals surface area (Å²) in [5.41, 5.74) is 0.851. The van der Waals surface area contributed by atoms with Gasteiger partial charge >= 0.3 is 12.3 Å². The second-order valence-corrected chi connectivity index (χ2v) is 8.23. The highest BCUT2D eigenvalue weighted by Crippen LogP contribution is 2.44. The molecule has 0 fully saturated rings. The van der Waals surface area contributed by atoms with Gasteiger partial charge in [0.1, 0.15) is 11.5 Å². The van der Waals surface area contributed by atoms with Crippen molar-refractivity contribution in [2.24, 2.45) is 0 Å². The van der Waals surface area contributed by atoms with Crippen LogP contribution in [0.2, 0.25) is 0 Å². The molecule has 176 valence electrons. The van der Waals surface area contributed by atoms with Crippen molar-refractivity contribution in [3.63, 3.8) is 0 Å². The van der Waals surface area contributed by atoms with Crippen LogP contribution in [-0.4, -0.2) is 35.5 Å². The molecular weight excluding hydrogens is 439 g/mol. The molecule has 6 nitrogen and oxygen atoms in total. The quantitative estimate of drug-likeness (QED) is 0.587. The third-order valence-corrected chi connectivity index (χ3v) is 5.28. The molecule has 2 aromatic carbocycles. The Morgan fingerprint density at radius 1 is 1.21 bits per heavy atom. The maximum atomic E-state index is 13.1. The lowest BCUT2D eigenvalue weighted by Crippen LogP contribution is -2.52. The average molecular weight is 463 g/mol. The molecular formula is C24H24F3NO5. The van der Waals surface area contributed by atoms with Crippen molar-refractivity contribution >= 4 is 23.6 Å². The summed E-state index contributed by atoms with van der Waals surface area (Å²) in [7, 11) is 0. The molecule has 3 rings (SSSR count). The SMILES string of the molecule is CCN1C(=O)C(C)(C)Oc2cc(C)c(-c3cc(C=C(C)C(=O)O)ccc3OC(F)(F)F)cc21. The van der Waals surface area contributed by atoms with Crippen LogP contribution in [0.1, 0.15) is 38.8 Å². The number of carbonyl (C=O) groups excluding carboxylic acids is 1. The van der Waals surface area contributed by atoms with Crippen molar-refractivity contribution in [3.05, 3.63) is 47.0 Å². The first-order valence-corrected chi connectivity index (χ1v) is 10.2. The van der Waals surface area contributed by atoms with Gasteiger partial charge in [-0.3, -0.25) is 4.79 Å². The summed E-state index contributed by atoms with van der Waals surface area (Å²) < 4.78 is 49.4. The minimum atomic E-state index is -4.93. The lowest BCUT2D eigenvalue weighted by atomic mass is 9.94. The number of halogens is 3. The summed E-state index contributed by atoms with van der Waals surface area (Å²) in [6.07, 6.45) is -3.58. The highest BCUT2D eigenvalue weighted by Gasteiger charge is 2.41. The Kier molecular flexibility index (Phi) is 6.19. The van der Waals surface area contributed by atoms with Gasteiger partial charge in [0.05, 0.1) is 5.69 Å². The molecule has 0 spiro atoms. The smallest absolute Gasteiger partial charge is 0.478 e. The molecule has 1 amide bonds. The van der Waals surface area contributed by atoms with Crippen LogP contribution in [0.3, 0.4) is 0 Å². The standard InChI is InChI=1S/C24H24F3NO5/c1-6-28-18-12-16(13(2)10-20(18)32-23(4,5)22(28)31)17-11-15(9-14(3)21(29)30)7-8-19(17)33-24(25,26)27/h7-12H,6H2,1-5H3,(H,29,30). The van der Waals surface area contributed by atoms with Gasteiger partial charge in [-0.2, -0.15) is 0 Å². The molecule has 0 aromatic heterocycles. The molecule has 1 N–H and O–H groups in total. The first-order chi connectivity index (χ1) is 15.2. The molecule has 0 aliphatic carbocycles. The first kappa shape index (κ1) is 24.2. The number of likely N-dealkylation sites (N-methyl/N-ethyl adjacent to an activating group) is 1. The number of hydrogen-bond donors (Lipinski definition) is 1. The van der Waals surface area contributed by atoms with Crippen LogP contribution in [0.15, 0.2) is 35.9 Å². The minimum absolute atomic E-state index is 0.0194. The van der Waals surface area contributed by atoms with Crippen LogP contribution in [0.4, 0.5) is 18.9 Å². The van der Waals surface area contributed by atoms with Crippen molar-refractivity contribution in [2.75, 3.05) is 11.4 Å². The van der Waals surface area contributed by atoms with E-state index in [2.05, 4.69) is 4.74 Å². The molecule has 0 atom stereocenters. The minimum Gasteiger partial charge on any atom is -0.478 e. The van der Waals surface area contributed by atoms with Gasteiger partial charge in [-0.25, -0.2) is 4.79 Å². The van der Waals surface area contributed by atoms with E-state index in [1.165, 1.54) is 30.0 Å². The number of carboxylic acid groups (broad SMARTS) is 1. The summed E-state index contributed by atoms with van der Waals surface area (Å²) >= 11 is 0. The number of aryl methyl sites for hydroxylation is 1. The number of aliphatic carboxylic acids is 1. The molecule has 1 aliphatic rings. The second kappa shape index (κ2) is 8.46. The fraction of sp³-hybridized carbons (Fsp3) is 0.333. The predicted octanol–water partition coefficient (Wildman–Crippen LogP) is 5.57. The van der Waals surface area contributed by atoms with Gasteiger partial charge in [-0.15, -0.1) is 13.2 Å². The molecule has 0 saturated heterocycles. The topological polar surface area (TPSA) is 76.1 Å². The van der Waals surface area contributed by atoms with E-state index in [4.69, 9.17) is 9.84 Å². The van der Waals surface area contributed by atoms with Crippen molar-refractivity contribution < 1.29 is 37.3 Å². The third-order valence-electron chi connectivity index (χ3n) is 5.28. The van der Waals surface area contributed by atoms with E-state index < -0.39 is 23.7 Å². The number of fused-ring (bicyclic) bond motifs is 1. The van der Waals surface area contributed by atoms with Crippen molar-refractivity contribution in [3.8, 4) is 22.6 Å². The van der Waals surface area contributed by atoms with Crippen molar-refractivity contribution in [1.29, 1.82) is 0 Å². The van der Waals surface area contributed by atoms with Gasteiger partial charge in [-0.05, 0) is 81.7 Å².